The molecular formula is C24H23F6N5O4S2. The van der Waals surface area contributed by atoms with Gasteiger partial charge >= 0.3 is 24.3 Å². The first-order valence-corrected chi connectivity index (χ1v) is 13.4. The zero-order valence-electron chi connectivity index (χ0n) is 21.1. The van der Waals surface area contributed by atoms with Gasteiger partial charge in [0.1, 0.15) is 5.69 Å². The minimum atomic E-state index is -5.08. The Morgan fingerprint density at radius 2 is 1.63 bits per heavy atom. The highest BCUT2D eigenvalue weighted by molar-refractivity contribution is 7.09. The van der Waals surface area contributed by atoms with Gasteiger partial charge in [-0.05, 0) is 47.0 Å². The lowest BCUT2D eigenvalue weighted by atomic mass is 10.1. The number of aliphatic carboxylic acids is 2. The van der Waals surface area contributed by atoms with E-state index in [-0.39, 0.29) is 6.04 Å². The van der Waals surface area contributed by atoms with Gasteiger partial charge in [-0.2, -0.15) is 37.7 Å². The van der Waals surface area contributed by atoms with Crippen molar-refractivity contribution in [3.05, 3.63) is 63.2 Å². The molecule has 1 unspecified atom stereocenters. The molecule has 0 spiro atoms. The molecular weight excluding hydrogens is 600 g/mol. The summed E-state index contributed by atoms with van der Waals surface area (Å²) in [6, 6.07) is 11.1. The van der Waals surface area contributed by atoms with Gasteiger partial charge in [0.15, 0.2) is 0 Å². The van der Waals surface area contributed by atoms with Crippen LogP contribution in [0.4, 0.5) is 26.3 Å². The van der Waals surface area contributed by atoms with Crippen LogP contribution in [-0.2, 0) is 16.1 Å². The molecule has 0 amide bonds. The molecule has 0 saturated carbocycles. The van der Waals surface area contributed by atoms with Crippen molar-refractivity contribution in [3.8, 4) is 11.1 Å². The Balaban J connectivity index is 0.000000276. The van der Waals surface area contributed by atoms with Gasteiger partial charge in [0.2, 0.25) is 0 Å². The summed E-state index contributed by atoms with van der Waals surface area (Å²) in [6.45, 7) is 4.13. The minimum absolute atomic E-state index is 0.267. The Bertz CT molecular complexity index is 1400. The van der Waals surface area contributed by atoms with E-state index in [9.17, 15) is 26.3 Å². The van der Waals surface area contributed by atoms with E-state index in [0.717, 1.165) is 37.4 Å². The van der Waals surface area contributed by atoms with Gasteiger partial charge < -0.3 is 10.2 Å². The Kier molecular flexibility index (Phi) is 10.5. The molecule has 0 bridgehead atoms. The summed E-state index contributed by atoms with van der Waals surface area (Å²) < 4.78 is 65.4. The monoisotopic (exact) mass is 623 g/mol. The van der Waals surface area contributed by atoms with E-state index in [1.165, 1.54) is 16.0 Å². The van der Waals surface area contributed by atoms with E-state index < -0.39 is 24.3 Å². The molecule has 17 heteroatoms. The minimum Gasteiger partial charge on any atom is -0.475 e. The number of halogens is 6. The van der Waals surface area contributed by atoms with E-state index in [2.05, 4.69) is 79.8 Å². The molecule has 1 atom stereocenters. The summed E-state index contributed by atoms with van der Waals surface area (Å²) >= 11 is 3.55. The van der Waals surface area contributed by atoms with E-state index >= 15 is 0 Å². The zero-order chi connectivity index (χ0) is 30.4. The Morgan fingerprint density at radius 1 is 0.976 bits per heavy atom. The fraction of sp³-hybridized carbons (Fsp3) is 0.333. The predicted octanol–water partition coefficient (Wildman–Crippen LogP) is 5.27. The number of fused-ring (bicyclic) bond motifs is 1. The lowest BCUT2D eigenvalue weighted by Crippen LogP contribution is -2.46. The SMILES string of the molecule is CN1CCN(Cc2cccs2)CC1c1nnn2cc(-c3ccsc3)ccc12.O=C(O)C(F)(F)F.O=C(O)C(F)(F)F. The summed E-state index contributed by atoms with van der Waals surface area (Å²) in [5.41, 5.74) is 4.58. The van der Waals surface area contributed by atoms with Crippen molar-refractivity contribution in [2.24, 2.45) is 0 Å². The molecule has 1 fully saturated rings. The van der Waals surface area contributed by atoms with Crippen LogP contribution in [0.25, 0.3) is 16.6 Å². The molecule has 0 aliphatic carbocycles. The molecule has 9 nitrogen and oxygen atoms in total. The highest BCUT2D eigenvalue weighted by Gasteiger charge is 2.39. The molecule has 1 saturated heterocycles. The number of likely N-dealkylation sites (N-methyl/N-ethyl adjacent to an activating group) is 1. The van der Waals surface area contributed by atoms with Gasteiger partial charge in [0, 0.05) is 42.8 Å². The van der Waals surface area contributed by atoms with Crippen LogP contribution in [0, 0.1) is 0 Å². The highest BCUT2D eigenvalue weighted by Crippen LogP contribution is 2.29. The fourth-order valence-corrected chi connectivity index (χ4v) is 5.15. The smallest absolute Gasteiger partial charge is 0.475 e. The second-order valence-corrected chi connectivity index (χ2v) is 10.5. The third-order valence-corrected chi connectivity index (χ3v) is 7.33. The number of rotatable bonds is 4. The van der Waals surface area contributed by atoms with Gasteiger partial charge in [-0.1, -0.05) is 17.3 Å². The zero-order valence-corrected chi connectivity index (χ0v) is 22.8. The number of carboxylic acid groups (broad SMARTS) is 2. The van der Waals surface area contributed by atoms with Crippen LogP contribution in [-0.4, -0.2) is 85.8 Å². The number of aromatic nitrogens is 3. The van der Waals surface area contributed by atoms with Crippen molar-refractivity contribution in [3.63, 3.8) is 0 Å². The Hall–Kier alpha value is -3.54. The van der Waals surface area contributed by atoms with Gasteiger partial charge in [-0.3, -0.25) is 9.80 Å². The van der Waals surface area contributed by atoms with Crippen LogP contribution in [0.15, 0.2) is 52.7 Å². The largest absolute Gasteiger partial charge is 0.490 e. The molecule has 4 aromatic rings. The maximum Gasteiger partial charge on any atom is 0.490 e. The standard InChI is InChI=1S/C20H21N5S2.2C2HF3O2/c1-23-7-8-24(12-17-3-2-9-27-17)13-19(23)20-18-5-4-15(11-25(18)22-21-20)16-6-10-26-14-16;2*3-2(4,5)1(6)7/h2-6,9-11,14,19H,7-8,12-13H2,1H3;2*(H,6,7). The first-order chi connectivity index (χ1) is 19.2. The van der Waals surface area contributed by atoms with Gasteiger partial charge in [-0.25, -0.2) is 14.1 Å². The highest BCUT2D eigenvalue weighted by atomic mass is 32.1. The van der Waals surface area contributed by atoms with Crippen LogP contribution in [0.2, 0.25) is 0 Å². The quantitative estimate of drug-likeness (QED) is 0.296. The van der Waals surface area contributed by atoms with Crippen molar-refractivity contribution in [2.75, 3.05) is 26.7 Å². The molecule has 5 heterocycles. The Labute approximate surface area is 236 Å². The topological polar surface area (TPSA) is 111 Å². The Morgan fingerprint density at radius 3 is 2.17 bits per heavy atom. The van der Waals surface area contributed by atoms with E-state index in [1.807, 2.05) is 15.9 Å². The van der Waals surface area contributed by atoms with Crippen molar-refractivity contribution in [1.82, 2.24) is 24.6 Å². The second-order valence-electron chi connectivity index (χ2n) is 8.65. The molecule has 41 heavy (non-hydrogen) atoms. The number of piperazine rings is 1. The van der Waals surface area contributed by atoms with E-state index in [1.54, 1.807) is 11.3 Å². The van der Waals surface area contributed by atoms with Crippen LogP contribution in [0.3, 0.4) is 0 Å². The van der Waals surface area contributed by atoms with Crippen molar-refractivity contribution < 1.29 is 46.1 Å². The van der Waals surface area contributed by atoms with E-state index in [0.29, 0.717) is 0 Å². The third kappa shape index (κ3) is 8.97. The van der Waals surface area contributed by atoms with Gasteiger partial charge in [0.25, 0.3) is 0 Å². The fourth-order valence-electron chi connectivity index (χ4n) is 3.74. The molecule has 1 aliphatic heterocycles. The van der Waals surface area contributed by atoms with Crippen LogP contribution in [0.5, 0.6) is 0 Å². The number of thiophene rings is 2. The molecule has 1 aliphatic rings. The first kappa shape index (κ1) is 32.0. The second kappa shape index (κ2) is 13.4. The van der Waals surface area contributed by atoms with Crippen LogP contribution in [0.1, 0.15) is 16.6 Å². The number of carboxylic acids is 2. The average molecular weight is 624 g/mol. The van der Waals surface area contributed by atoms with Gasteiger partial charge in [0.05, 0.1) is 11.6 Å². The lowest BCUT2D eigenvalue weighted by molar-refractivity contribution is -0.193. The number of pyridine rings is 1. The summed E-state index contributed by atoms with van der Waals surface area (Å²) in [6.07, 6.45) is -8.08. The molecule has 4 aromatic heterocycles. The van der Waals surface area contributed by atoms with Crippen molar-refractivity contribution >= 4 is 40.1 Å². The number of nitrogens with zero attached hydrogens (tertiary/aromatic N) is 5. The maximum absolute atomic E-state index is 10.6. The summed E-state index contributed by atoms with van der Waals surface area (Å²) in [7, 11) is 2.19. The van der Waals surface area contributed by atoms with Gasteiger partial charge in [-0.15, -0.1) is 16.4 Å². The van der Waals surface area contributed by atoms with Crippen molar-refractivity contribution in [1.29, 1.82) is 0 Å². The molecule has 0 aromatic carbocycles. The number of alkyl halides is 6. The summed E-state index contributed by atoms with van der Waals surface area (Å²) in [4.78, 5) is 24.1. The molecule has 222 valence electrons. The predicted molar refractivity (Wildman–Crippen MR) is 139 cm³/mol. The van der Waals surface area contributed by atoms with E-state index in [4.69, 9.17) is 19.8 Å². The summed E-state index contributed by atoms with van der Waals surface area (Å²) in [5, 5.41) is 29.7. The summed E-state index contributed by atoms with van der Waals surface area (Å²) in [5.74, 6) is -5.51. The normalized spacial score (nSPS) is 16.4. The maximum atomic E-state index is 10.6. The number of hydrogen-bond donors (Lipinski definition) is 2. The number of hydrogen-bond acceptors (Lipinski definition) is 8. The molecule has 5 rings (SSSR count). The van der Waals surface area contributed by atoms with Crippen LogP contribution < -0.4 is 0 Å². The van der Waals surface area contributed by atoms with Crippen LogP contribution >= 0.6 is 22.7 Å². The lowest BCUT2D eigenvalue weighted by Gasteiger charge is -2.38. The first-order valence-electron chi connectivity index (χ1n) is 11.6. The average Bonchev–Trinajstić information content (AvgIpc) is 3.67. The molecule has 0 radical (unpaired) electrons. The van der Waals surface area contributed by atoms with Crippen molar-refractivity contribution in [2.45, 2.75) is 24.9 Å². The third-order valence-electron chi connectivity index (χ3n) is 5.79. The number of carbonyl (C=O) groups is 2. The molecule has 2 N–H and O–H groups in total.